The second kappa shape index (κ2) is 8.50. The summed E-state index contributed by atoms with van der Waals surface area (Å²) in [4.78, 5) is 26.3. The summed E-state index contributed by atoms with van der Waals surface area (Å²) in [7, 11) is 0. The van der Waals surface area contributed by atoms with Gasteiger partial charge in [-0.15, -0.1) is 0 Å². The van der Waals surface area contributed by atoms with E-state index in [1.54, 1.807) is 27.7 Å². The SMILES string of the molecule is CCOC(=O)c1c(-c2c(Cl)cc(Cl)cc2Cl)noc1C1(O)CN(C(=O)OC(C)(C)C)C1. The molecule has 8 nitrogen and oxygen atoms in total. The maximum atomic E-state index is 12.7. The van der Waals surface area contributed by atoms with Crippen molar-refractivity contribution in [2.45, 2.75) is 38.9 Å². The van der Waals surface area contributed by atoms with Crippen molar-refractivity contribution in [2.75, 3.05) is 19.7 Å². The third-order valence-corrected chi connectivity index (χ3v) is 5.21. The quantitative estimate of drug-likeness (QED) is 0.606. The average Bonchev–Trinajstić information content (AvgIpc) is 3.01. The topological polar surface area (TPSA) is 102 Å². The third-order valence-electron chi connectivity index (χ3n) is 4.39. The number of rotatable bonds is 4. The van der Waals surface area contributed by atoms with E-state index in [0.29, 0.717) is 5.02 Å². The third kappa shape index (κ3) is 4.77. The van der Waals surface area contributed by atoms with E-state index in [9.17, 15) is 14.7 Å². The molecule has 0 saturated carbocycles. The fourth-order valence-corrected chi connectivity index (χ4v) is 4.12. The highest BCUT2D eigenvalue weighted by molar-refractivity contribution is 6.42. The molecule has 1 fully saturated rings. The molecule has 1 amide bonds. The number of benzene rings is 1. The van der Waals surface area contributed by atoms with Gasteiger partial charge in [0.25, 0.3) is 0 Å². The van der Waals surface area contributed by atoms with E-state index in [1.807, 2.05) is 0 Å². The molecule has 0 atom stereocenters. The van der Waals surface area contributed by atoms with Crippen LogP contribution in [-0.4, -0.2) is 52.5 Å². The smallest absolute Gasteiger partial charge is 0.410 e. The van der Waals surface area contributed by atoms with Crippen LogP contribution >= 0.6 is 34.8 Å². The van der Waals surface area contributed by atoms with Gasteiger partial charge in [0.05, 0.1) is 29.7 Å². The predicted molar refractivity (Wildman–Crippen MR) is 115 cm³/mol. The van der Waals surface area contributed by atoms with Crippen LogP contribution < -0.4 is 0 Å². The van der Waals surface area contributed by atoms with Crippen LogP contribution in [0.5, 0.6) is 0 Å². The van der Waals surface area contributed by atoms with Crippen molar-refractivity contribution in [3.63, 3.8) is 0 Å². The van der Waals surface area contributed by atoms with Gasteiger partial charge in [0.1, 0.15) is 16.9 Å². The molecule has 1 aromatic heterocycles. The van der Waals surface area contributed by atoms with Crippen LogP contribution in [-0.2, 0) is 15.1 Å². The molecule has 3 rings (SSSR count). The van der Waals surface area contributed by atoms with Gasteiger partial charge in [0.15, 0.2) is 11.4 Å². The summed E-state index contributed by atoms with van der Waals surface area (Å²) in [6.07, 6.45) is -0.599. The van der Waals surface area contributed by atoms with E-state index in [4.69, 9.17) is 48.8 Å². The summed E-state index contributed by atoms with van der Waals surface area (Å²) in [5.41, 5.74) is -2.28. The van der Waals surface area contributed by atoms with Crippen LogP contribution in [0, 0.1) is 0 Å². The first-order valence-electron chi connectivity index (χ1n) is 9.39. The first-order chi connectivity index (χ1) is 14.4. The van der Waals surface area contributed by atoms with Gasteiger partial charge in [0.2, 0.25) is 0 Å². The molecule has 0 unspecified atom stereocenters. The maximum Gasteiger partial charge on any atom is 0.410 e. The van der Waals surface area contributed by atoms with Crippen LogP contribution in [0.4, 0.5) is 4.79 Å². The molecule has 1 aliphatic rings. The Bertz CT molecular complexity index is 1000. The van der Waals surface area contributed by atoms with Gasteiger partial charge in [0, 0.05) is 10.6 Å². The number of aromatic nitrogens is 1. The van der Waals surface area contributed by atoms with Crippen LogP contribution in [0.2, 0.25) is 15.1 Å². The minimum Gasteiger partial charge on any atom is -0.462 e. The zero-order valence-electron chi connectivity index (χ0n) is 17.3. The minimum absolute atomic E-state index is 0.00394. The number of aliphatic hydroxyl groups is 1. The normalized spacial score (nSPS) is 15.4. The van der Waals surface area contributed by atoms with Gasteiger partial charge in [-0.25, -0.2) is 9.59 Å². The fourth-order valence-electron chi connectivity index (χ4n) is 3.12. The average molecular weight is 492 g/mol. The van der Waals surface area contributed by atoms with Gasteiger partial charge >= 0.3 is 12.1 Å². The Kier molecular flexibility index (Phi) is 6.49. The number of carbonyl (C=O) groups excluding carboxylic acids is 2. The largest absolute Gasteiger partial charge is 0.462 e. The first-order valence-corrected chi connectivity index (χ1v) is 10.5. The molecular formula is C20H21Cl3N2O6. The number of esters is 1. The van der Waals surface area contributed by atoms with Crippen LogP contribution in [0.3, 0.4) is 0 Å². The van der Waals surface area contributed by atoms with E-state index >= 15 is 0 Å². The van der Waals surface area contributed by atoms with Crippen molar-refractivity contribution < 1.29 is 28.7 Å². The molecule has 2 heterocycles. The Balaban J connectivity index is 2.00. The maximum absolute atomic E-state index is 12.7. The Morgan fingerprint density at radius 3 is 2.32 bits per heavy atom. The second-order valence-electron chi connectivity index (χ2n) is 8.07. The van der Waals surface area contributed by atoms with E-state index < -0.39 is 23.3 Å². The van der Waals surface area contributed by atoms with Crippen molar-refractivity contribution in [2.24, 2.45) is 0 Å². The zero-order valence-corrected chi connectivity index (χ0v) is 19.6. The number of hydrogen-bond donors (Lipinski definition) is 1. The molecule has 1 aliphatic heterocycles. The molecule has 1 aromatic carbocycles. The van der Waals surface area contributed by atoms with Crippen molar-refractivity contribution in [3.05, 3.63) is 38.5 Å². The molecule has 31 heavy (non-hydrogen) atoms. The highest BCUT2D eigenvalue weighted by atomic mass is 35.5. The molecule has 1 N–H and O–H groups in total. The minimum atomic E-state index is -1.67. The summed E-state index contributed by atoms with van der Waals surface area (Å²) >= 11 is 18.5. The number of hydrogen-bond acceptors (Lipinski definition) is 7. The molecule has 0 aliphatic carbocycles. The monoisotopic (exact) mass is 490 g/mol. The number of likely N-dealkylation sites (tertiary alicyclic amines) is 1. The second-order valence-corrected chi connectivity index (χ2v) is 9.32. The molecule has 2 aromatic rings. The van der Waals surface area contributed by atoms with Crippen molar-refractivity contribution >= 4 is 46.9 Å². The fraction of sp³-hybridized carbons (Fsp3) is 0.450. The van der Waals surface area contributed by atoms with Crippen LogP contribution in [0.15, 0.2) is 16.7 Å². The number of ether oxygens (including phenoxy) is 2. The Hall–Kier alpha value is -2.00. The Labute approximate surface area is 193 Å². The van der Waals surface area contributed by atoms with E-state index in [1.165, 1.54) is 17.0 Å². The van der Waals surface area contributed by atoms with Gasteiger partial charge in [-0.2, -0.15) is 0 Å². The summed E-state index contributed by atoms with van der Waals surface area (Å²) in [6, 6.07) is 2.88. The molecule has 168 valence electrons. The summed E-state index contributed by atoms with van der Waals surface area (Å²) in [6.45, 7) is 6.59. The molecule has 11 heteroatoms. The van der Waals surface area contributed by atoms with Gasteiger partial charge in [-0.1, -0.05) is 40.0 Å². The van der Waals surface area contributed by atoms with Gasteiger partial charge in [-0.3, -0.25) is 0 Å². The Morgan fingerprint density at radius 2 is 1.81 bits per heavy atom. The highest BCUT2D eigenvalue weighted by Crippen LogP contribution is 2.43. The van der Waals surface area contributed by atoms with Crippen LogP contribution in [0.25, 0.3) is 11.3 Å². The lowest BCUT2D eigenvalue weighted by atomic mass is 9.88. The highest BCUT2D eigenvalue weighted by Gasteiger charge is 2.52. The molecule has 0 bridgehead atoms. The Morgan fingerprint density at radius 1 is 1.23 bits per heavy atom. The number of halogens is 3. The van der Waals surface area contributed by atoms with Crippen molar-refractivity contribution in [1.29, 1.82) is 0 Å². The predicted octanol–water partition coefficient (Wildman–Crippen LogP) is 4.92. The zero-order chi connectivity index (χ0) is 23.1. The van der Waals surface area contributed by atoms with Crippen molar-refractivity contribution in [3.8, 4) is 11.3 Å². The summed E-state index contributed by atoms with van der Waals surface area (Å²) in [5.74, 6) is -0.928. The lowest BCUT2D eigenvalue weighted by Gasteiger charge is -2.44. The lowest BCUT2D eigenvalue weighted by molar-refractivity contribution is -0.117. The summed E-state index contributed by atoms with van der Waals surface area (Å²) in [5, 5.41) is 15.6. The lowest BCUT2D eigenvalue weighted by Crippen LogP contribution is -2.62. The first kappa shape index (κ1) is 23.7. The van der Waals surface area contributed by atoms with Crippen LogP contribution in [0.1, 0.15) is 43.8 Å². The van der Waals surface area contributed by atoms with E-state index in [-0.39, 0.29) is 52.3 Å². The molecule has 1 saturated heterocycles. The molecule has 0 spiro atoms. The van der Waals surface area contributed by atoms with Gasteiger partial charge < -0.3 is 24.0 Å². The van der Waals surface area contributed by atoms with Gasteiger partial charge in [-0.05, 0) is 39.8 Å². The molecular weight excluding hydrogens is 471 g/mol. The van der Waals surface area contributed by atoms with Crippen molar-refractivity contribution in [1.82, 2.24) is 10.1 Å². The van der Waals surface area contributed by atoms with E-state index in [0.717, 1.165) is 0 Å². The number of amides is 1. The summed E-state index contributed by atoms with van der Waals surface area (Å²) < 4.78 is 15.8. The molecule has 0 radical (unpaired) electrons. The number of β-amino-alcohol motifs (C(OH)–C–C–N with tert-alkyl or cyclic N) is 1. The number of carbonyl (C=O) groups is 2. The number of nitrogens with zero attached hydrogens (tertiary/aromatic N) is 2. The standard InChI is InChI=1S/C20H21Cl3N2O6/c1-5-29-17(26)14-15(13-11(22)6-10(21)7-12(13)23)24-31-16(14)20(28)8-25(9-20)18(27)30-19(2,3)4/h6-7,28H,5,8-9H2,1-4H3. The van der Waals surface area contributed by atoms with E-state index in [2.05, 4.69) is 5.16 Å².